The molecule has 0 aromatic carbocycles. The van der Waals surface area contributed by atoms with Crippen molar-refractivity contribution in [2.24, 2.45) is 5.73 Å². The molecular formula is C11H19N5. The van der Waals surface area contributed by atoms with E-state index in [0.717, 1.165) is 44.1 Å². The number of nitrogens with zero attached hydrogens (tertiary/aromatic N) is 4. The van der Waals surface area contributed by atoms with E-state index in [1.807, 2.05) is 0 Å². The predicted octanol–water partition coefficient (Wildman–Crippen LogP) is -0.270. The van der Waals surface area contributed by atoms with Crippen LogP contribution in [0.1, 0.15) is 5.69 Å². The molecule has 0 aliphatic carbocycles. The van der Waals surface area contributed by atoms with Crippen molar-refractivity contribution >= 4 is 5.82 Å². The summed E-state index contributed by atoms with van der Waals surface area (Å²) in [5, 5.41) is 0. The monoisotopic (exact) mass is 221 g/mol. The first kappa shape index (κ1) is 11.3. The first-order valence-electron chi connectivity index (χ1n) is 5.74. The molecule has 88 valence electrons. The Morgan fingerprint density at radius 3 is 2.69 bits per heavy atom. The van der Waals surface area contributed by atoms with Gasteiger partial charge in [-0.2, -0.15) is 0 Å². The van der Waals surface area contributed by atoms with Gasteiger partial charge in [-0.3, -0.25) is 0 Å². The molecule has 2 rings (SSSR count). The van der Waals surface area contributed by atoms with Crippen LogP contribution in [0.4, 0.5) is 5.82 Å². The maximum Gasteiger partial charge on any atom is 0.132 e. The fourth-order valence-electron chi connectivity index (χ4n) is 1.88. The van der Waals surface area contributed by atoms with E-state index in [4.69, 9.17) is 5.73 Å². The Morgan fingerprint density at radius 1 is 1.25 bits per heavy atom. The molecule has 2 heterocycles. The lowest BCUT2D eigenvalue weighted by molar-refractivity contribution is 0.312. The third-order valence-electron chi connectivity index (χ3n) is 2.94. The molecule has 16 heavy (non-hydrogen) atoms. The second kappa shape index (κ2) is 5.23. The fraction of sp³-hybridized carbons (Fsp3) is 0.636. The lowest BCUT2D eigenvalue weighted by atomic mass is 10.2. The van der Waals surface area contributed by atoms with Crippen LogP contribution in [0.25, 0.3) is 0 Å². The van der Waals surface area contributed by atoms with Gasteiger partial charge in [0.15, 0.2) is 0 Å². The number of hydrogen-bond donors (Lipinski definition) is 1. The summed E-state index contributed by atoms with van der Waals surface area (Å²) in [6, 6.07) is 2.05. The number of likely N-dealkylation sites (N-methyl/N-ethyl adjacent to an activating group) is 1. The molecule has 1 fully saturated rings. The summed E-state index contributed by atoms with van der Waals surface area (Å²) in [6.07, 6.45) is 2.46. The molecule has 0 saturated carbocycles. The van der Waals surface area contributed by atoms with Crippen molar-refractivity contribution in [1.29, 1.82) is 0 Å². The van der Waals surface area contributed by atoms with Crippen molar-refractivity contribution in [2.45, 2.75) is 6.42 Å². The van der Waals surface area contributed by atoms with Gasteiger partial charge in [-0.15, -0.1) is 0 Å². The average Bonchev–Trinajstić information content (AvgIpc) is 2.31. The van der Waals surface area contributed by atoms with Crippen LogP contribution in [-0.4, -0.2) is 54.6 Å². The lowest BCUT2D eigenvalue weighted by Crippen LogP contribution is -2.44. The molecule has 0 spiro atoms. The Bertz CT molecular complexity index is 333. The summed E-state index contributed by atoms with van der Waals surface area (Å²) in [6.45, 7) is 4.90. The topological polar surface area (TPSA) is 58.3 Å². The molecule has 2 N–H and O–H groups in total. The van der Waals surface area contributed by atoms with Gasteiger partial charge < -0.3 is 15.5 Å². The molecule has 5 heteroatoms. The van der Waals surface area contributed by atoms with Crippen molar-refractivity contribution in [3.8, 4) is 0 Å². The highest BCUT2D eigenvalue weighted by Gasteiger charge is 2.15. The van der Waals surface area contributed by atoms with Crippen molar-refractivity contribution in [3.63, 3.8) is 0 Å². The Balaban J connectivity index is 2.05. The Hall–Kier alpha value is -1.20. The summed E-state index contributed by atoms with van der Waals surface area (Å²) in [5.41, 5.74) is 6.56. The molecule has 1 aromatic rings. The Labute approximate surface area is 96.3 Å². The van der Waals surface area contributed by atoms with Gasteiger partial charge in [-0.1, -0.05) is 0 Å². The maximum atomic E-state index is 5.53. The molecule has 0 amide bonds. The molecule has 1 aliphatic heterocycles. The summed E-state index contributed by atoms with van der Waals surface area (Å²) in [7, 11) is 2.15. The SMILES string of the molecule is CN1CCN(c2cc(CCN)ncn2)CC1. The molecular weight excluding hydrogens is 202 g/mol. The number of hydrogen-bond acceptors (Lipinski definition) is 5. The van der Waals surface area contributed by atoms with Crippen molar-refractivity contribution in [2.75, 3.05) is 44.7 Å². The third-order valence-corrected chi connectivity index (χ3v) is 2.94. The van der Waals surface area contributed by atoms with Crippen LogP contribution in [0, 0.1) is 0 Å². The molecule has 0 atom stereocenters. The second-order valence-corrected chi connectivity index (χ2v) is 4.20. The van der Waals surface area contributed by atoms with E-state index in [9.17, 15) is 0 Å². The maximum absolute atomic E-state index is 5.53. The molecule has 1 saturated heterocycles. The standard InChI is InChI=1S/C11H19N5/c1-15-4-6-16(7-5-15)11-8-10(2-3-12)13-9-14-11/h8-9H,2-7,12H2,1H3. The van der Waals surface area contributed by atoms with Crippen LogP contribution >= 0.6 is 0 Å². The Kier molecular flexibility index (Phi) is 3.69. The zero-order valence-electron chi connectivity index (χ0n) is 9.76. The average molecular weight is 221 g/mol. The van der Waals surface area contributed by atoms with E-state index in [1.165, 1.54) is 0 Å². The highest BCUT2D eigenvalue weighted by atomic mass is 15.3. The molecule has 5 nitrogen and oxygen atoms in total. The van der Waals surface area contributed by atoms with Gasteiger partial charge in [0.25, 0.3) is 0 Å². The van der Waals surface area contributed by atoms with Gasteiger partial charge in [-0.05, 0) is 13.6 Å². The normalized spacial score (nSPS) is 17.8. The minimum Gasteiger partial charge on any atom is -0.354 e. The van der Waals surface area contributed by atoms with Gasteiger partial charge in [0.1, 0.15) is 12.1 Å². The van der Waals surface area contributed by atoms with Gasteiger partial charge in [0.2, 0.25) is 0 Å². The summed E-state index contributed by atoms with van der Waals surface area (Å²) in [4.78, 5) is 13.2. The van der Waals surface area contributed by atoms with E-state index in [2.05, 4.69) is 32.9 Å². The smallest absolute Gasteiger partial charge is 0.132 e. The van der Waals surface area contributed by atoms with Gasteiger partial charge >= 0.3 is 0 Å². The molecule has 1 aromatic heterocycles. The lowest BCUT2D eigenvalue weighted by Gasteiger charge is -2.33. The highest BCUT2D eigenvalue weighted by Crippen LogP contribution is 2.13. The third kappa shape index (κ3) is 2.68. The number of anilines is 1. The van der Waals surface area contributed by atoms with Gasteiger partial charge in [-0.25, -0.2) is 9.97 Å². The van der Waals surface area contributed by atoms with E-state index >= 15 is 0 Å². The van der Waals surface area contributed by atoms with Crippen molar-refractivity contribution < 1.29 is 0 Å². The van der Waals surface area contributed by atoms with Crippen LogP contribution in [0.3, 0.4) is 0 Å². The highest BCUT2D eigenvalue weighted by molar-refractivity contribution is 5.39. The largest absolute Gasteiger partial charge is 0.354 e. The van der Waals surface area contributed by atoms with Gasteiger partial charge in [0, 0.05) is 44.4 Å². The van der Waals surface area contributed by atoms with E-state index in [-0.39, 0.29) is 0 Å². The van der Waals surface area contributed by atoms with E-state index < -0.39 is 0 Å². The number of piperazine rings is 1. The second-order valence-electron chi connectivity index (χ2n) is 4.20. The molecule has 1 aliphatic rings. The summed E-state index contributed by atoms with van der Waals surface area (Å²) in [5.74, 6) is 1.03. The molecule has 0 unspecified atom stereocenters. The molecule has 0 radical (unpaired) electrons. The van der Waals surface area contributed by atoms with Crippen molar-refractivity contribution in [1.82, 2.24) is 14.9 Å². The number of rotatable bonds is 3. The first-order chi connectivity index (χ1) is 7.79. The van der Waals surface area contributed by atoms with Crippen LogP contribution in [-0.2, 0) is 6.42 Å². The zero-order chi connectivity index (χ0) is 11.4. The van der Waals surface area contributed by atoms with Gasteiger partial charge in [0.05, 0.1) is 0 Å². The van der Waals surface area contributed by atoms with Crippen LogP contribution in [0.15, 0.2) is 12.4 Å². The first-order valence-corrected chi connectivity index (χ1v) is 5.74. The summed E-state index contributed by atoms with van der Waals surface area (Å²) < 4.78 is 0. The Morgan fingerprint density at radius 2 is 2.00 bits per heavy atom. The predicted molar refractivity (Wildman–Crippen MR) is 64.5 cm³/mol. The van der Waals surface area contributed by atoms with Crippen LogP contribution in [0.2, 0.25) is 0 Å². The van der Waals surface area contributed by atoms with E-state index in [0.29, 0.717) is 6.54 Å². The quantitative estimate of drug-likeness (QED) is 0.761. The summed E-state index contributed by atoms with van der Waals surface area (Å²) >= 11 is 0. The minimum absolute atomic E-state index is 0.638. The van der Waals surface area contributed by atoms with Crippen molar-refractivity contribution in [3.05, 3.63) is 18.1 Å². The van der Waals surface area contributed by atoms with Crippen LogP contribution in [0.5, 0.6) is 0 Å². The molecule has 0 bridgehead atoms. The number of aromatic nitrogens is 2. The zero-order valence-corrected chi connectivity index (χ0v) is 9.76. The van der Waals surface area contributed by atoms with E-state index in [1.54, 1.807) is 6.33 Å². The number of nitrogens with two attached hydrogens (primary N) is 1. The fourth-order valence-corrected chi connectivity index (χ4v) is 1.88. The minimum atomic E-state index is 0.638. The van der Waals surface area contributed by atoms with Crippen LogP contribution < -0.4 is 10.6 Å².